The molecule has 1 fully saturated rings. The lowest BCUT2D eigenvalue weighted by atomic mass is 10.1. The Balaban J connectivity index is 1.92. The van der Waals surface area contributed by atoms with E-state index < -0.39 is 0 Å². The maximum Gasteiger partial charge on any atom is 0.236 e. The Hall–Kier alpha value is -1.06. The van der Waals surface area contributed by atoms with Crippen LogP contribution in [0, 0.1) is 0 Å². The first-order chi connectivity index (χ1) is 10.1. The van der Waals surface area contributed by atoms with Gasteiger partial charge in [-0.2, -0.15) is 0 Å². The lowest BCUT2D eigenvalue weighted by Crippen LogP contribution is -2.39. The molecular formula is C17H25ClN2O. The van der Waals surface area contributed by atoms with Gasteiger partial charge in [-0.15, -0.1) is 0 Å². The molecule has 1 saturated heterocycles. The van der Waals surface area contributed by atoms with E-state index in [2.05, 4.69) is 11.8 Å². The first-order valence-corrected chi connectivity index (χ1v) is 8.19. The van der Waals surface area contributed by atoms with Crippen LogP contribution in [0.25, 0.3) is 0 Å². The number of likely N-dealkylation sites (N-methyl/N-ethyl adjacent to an activating group) is 1. The predicted octanol–water partition coefficient (Wildman–Crippen LogP) is 3.74. The van der Waals surface area contributed by atoms with Gasteiger partial charge in [-0.25, -0.2) is 0 Å². The third kappa shape index (κ3) is 4.72. The zero-order chi connectivity index (χ0) is 15.2. The molecule has 0 radical (unpaired) electrons. The zero-order valence-corrected chi connectivity index (χ0v) is 13.8. The van der Waals surface area contributed by atoms with E-state index in [4.69, 9.17) is 11.6 Å². The Kier molecular flexibility index (Phi) is 6.07. The number of benzene rings is 1. The Morgan fingerprint density at radius 3 is 2.33 bits per heavy atom. The molecule has 2 rings (SSSR count). The highest BCUT2D eigenvalue weighted by atomic mass is 35.5. The van der Waals surface area contributed by atoms with Crippen LogP contribution < -0.4 is 0 Å². The average molecular weight is 309 g/mol. The van der Waals surface area contributed by atoms with Gasteiger partial charge in [0.1, 0.15) is 0 Å². The third-order valence-corrected chi connectivity index (χ3v) is 4.64. The number of amides is 1. The Morgan fingerprint density at radius 2 is 1.76 bits per heavy atom. The molecule has 1 heterocycles. The van der Waals surface area contributed by atoms with Crippen molar-refractivity contribution in [1.29, 1.82) is 0 Å². The van der Waals surface area contributed by atoms with Gasteiger partial charge in [0.2, 0.25) is 5.91 Å². The number of rotatable bonds is 4. The molecule has 1 aliphatic heterocycles. The summed E-state index contributed by atoms with van der Waals surface area (Å²) in [6.07, 6.45) is 5.01. The van der Waals surface area contributed by atoms with E-state index >= 15 is 0 Å². The zero-order valence-electron chi connectivity index (χ0n) is 13.0. The van der Waals surface area contributed by atoms with Gasteiger partial charge in [-0.05, 0) is 50.6 Å². The molecule has 0 N–H and O–H groups in total. The average Bonchev–Trinajstić information content (AvgIpc) is 2.75. The second-order valence-corrected chi connectivity index (χ2v) is 6.36. The van der Waals surface area contributed by atoms with Crippen LogP contribution in [0.3, 0.4) is 0 Å². The van der Waals surface area contributed by atoms with Gasteiger partial charge >= 0.3 is 0 Å². The van der Waals surface area contributed by atoms with E-state index in [1.54, 1.807) is 0 Å². The molecule has 0 saturated carbocycles. The van der Waals surface area contributed by atoms with Gasteiger partial charge in [0, 0.05) is 12.1 Å². The first-order valence-electron chi connectivity index (χ1n) is 7.81. The van der Waals surface area contributed by atoms with Crippen LogP contribution >= 0.6 is 11.6 Å². The molecule has 116 valence electrons. The molecule has 0 aromatic heterocycles. The number of carbonyl (C=O) groups is 1. The van der Waals surface area contributed by atoms with Crippen molar-refractivity contribution in [2.24, 2.45) is 0 Å². The topological polar surface area (TPSA) is 23.6 Å². The van der Waals surface area contributed by atoms with Gasteiger partial charge in [-0.1, -0.05) is 36.6 Å². The van der Waals surface area contributed by atoms with Crippen LogP contribution in [0.1, 0.15) is 44.2 Å². The highest BCUT2D eigenvalue weighted by molar-refractivity contribution is 6.30. The van der Waals surface area contributed by atoms with Crippen LogP contribution in [0.15, 0.2) is 24.3 Å². The monoisotopic (exact) mass is 308 g/mol. The highest BCUT2D eigenvalue weighted by Gasteiger charge is 2.20. The number of likely N-dealkylation sites (tertiary alicyclic amines) is 1. The number of hydrogen-bond donors (Lipinski definition) is 0. The Morgan fingerprint density at radius 1 is 1.19 bits per heavy atom. The van der Waals surface area contributed by atoms with Crippen LogP contribution in [-0.2, 0) is 4.79 Å². The number of hydrogen-bond acceptors (Lipinski definition) is 2. The fourth-order valence-electron chi connectivity index (χ4n) is 2.78. The SMILES string of the molecule is CC(c1ccc(Cl)cc1)N(C)C(=O)CN1CCCCCC1. The van der Waals surface area contributed by atoms with Gasteiger partial charge in [0.15, 0.2) is 0 Å². The van der Waals surface area contributed by atoms with Crippen LogP contribution in [0.4, 0.5) is 0 Å². The van der Waals surface area contributed by atoms with Crippen molar-refractivity contribution in [2.75, 3.05) is 26.7 Å². The standard InChI is InChI=1S/C17H25ClN2O/c1-14(15-7-9-16(18)10-8-15)19(2)17(21)13-20-11-5-3-4-6-12-20/h7-10,14H,3-6,11-13H2,1-2H3. The molecule has 21 heavy (non-hydrogen) atoms. The summed E-state index contributed by atoms with van der Waals surface area (Å²) in [4.78, 5) is 16.6. The Bertz CT molecular complexity index is 452. The molecule has 1 unspecified atom stereocenters. The first kappa shape index (κ1) is 16.3. The fraction of sp³-hybridized carbons (Fsp3) is 0.588. The van der Waals surface area contributed by atoms with E-state index in [0.717, 1.165) is 23.7 Å². The predicted molar refractivity (Wildman–Crippen MR) is 87.5 cm³/mol. The second kappa shape index (κ2) is 7.81. The molecule has 4 heteroatoms. The molecule has 1 atom stereocenters. The van der Waals surface area contributed by atoms with Crippen molar-refractivity contribution in [3.05, 3.63) is 34.9 Å². The van der Waals surface area contributed by atoms with Gasteiger partial charge in [0.05, 0.1) is 12.6 Å². The lowest BCUT2D eigenvalue weighted by Gasteiger charge is -2.28. The maximum atomic E-state index is 12.5. The van der Waals surface area contributed by atoms with Crippen molar-refractivity contribution >= 4 is 17.5 Å². The van der Waals surface area contributed by atoms with Crippen molar-refractivity contribution in [3.63, 3.8) is 0 Å². The normalized spacial score (nSPS) is 18.0. The van der Waals surface area contributed by atoms with E-state index in [1.165, 1.54) is 25.7 Å². The summed E-state index contributed by atoms with van der Waals surface area (Å²) >= 11 is 5.92. The van der Waals surface area contributed by atoms with Crippen molar-refractivity contribution in [3.8, 4) is 0 Å². The lowest BCUT2D eigenvalue weighted by molar-refractivity contribution is -0.133. The van der Waals surface area contributed by atoms with Crippen molar-refractivity contribution in [1.82, 2.24) is 9.80 Å². The van der Waals surface area contributed by atoms with Crippen molar-refractivity contribution < 1.29 is 4.79 Å². The third-order valence-electron chi connectivity index (χ3n) is 4.38. The van der Waals surface area contributed by atoms with Gasteiger partial charge in [-0.3, -0.25) is 9.69 Å². The molecule has 0 spiro atoms. The summed E-state index contributed by atoms with van der Waals surface area (Å²) in [7, 11) is 1.89. The van der Waals surface area contributed by atoms with Crippen molar-refractivity contribution in [2.45, 2.75) is 38.6 Å². The largest absolute Gasteiger partial charge is 0.338 e. The summed E-state index contributed by atoms with van der Waals surface area (Å²) in [6.45, 7) is 4.70. The summed E-state index contributed by atoms with van der Waals surface area (Å²) in [5, 5.41) is 0.726. The quantitative estimate of drug-likeness (QED) is 0.846. The molecule has 1 amide bonds. The fourth-order valence-corrected chi connectivity index (χ4v) is 2.90. The highest BCUT2D eigenvalue weighted by Crippen LogP contribution is 2.21. The van der Waals surface area contributed by atoms with Crippen LogP contribution in [-0.4, -0.2) is 42.4 Å². The summed E-state index contributed by atoms with van der Waals surface area (Å²) in [5.41, 5.74) is 1.12. The minimum atomic E-state index is 0.0711. The van der Waals surface area contributed by atoms with Crippen LogP contribution in [0.5, 0.6) is 0 Å². The Labute approximate surface area is 132 Å². The van der Waals surface area contributed by atoms with E-state index in [0.29, 0.717) is 6.54 Å². The molecule has 0 aliphatic carbocycles. The van der Waals surface area contributed by atoms with E-state index in [1.807, 2.05) is 36.2 Å². The number of nitrogens with zero attached hydrogens (tertiary/aromatic N) is 2. The van der Waals surface area contributed by atoms with Crippen LogP contribution in [0.2, 0.25) is 5.02 Å². The maximum absolute atomic E-state index is 12.5. The van der Waals surface area contributed by atoms with Gasteiger partial charge in [0.25, 0.3) is 0 Å². The molecule has 1 aromatic rings. The molecular weight excluding hydrogens is 284 g/mol. The number of carbonyl (C=O) groups excluding carboxylic acids is 1. The van der Waals surface area contributed by atoms with Gasteiger partial charge < -0.3 is 4.90 Å². The summed E-state index contributed by atoms with van der Waals surface area (Å²) < 4.78 is 0. The smallest absolute Gasteiger partial charge is 0.236 e. The molecule has 3 nitrogen and oxygen atoms in total. The van der Waals surface area contributed by atoms with E-state index in [9.17, 15) is 4.79 Å². The van der Waals surface area contributed by atoms with E-state index in [-0.39, 0.29) is 11.9 Å². The molecule has 1 aromatic carbocycles. The minimum absolute atomic E-state index is 0.0711. The summed E-state index contributed by atoms with van der Waals surface area (Å²) in [6, 6.07) is 7.80. The second-order valence-electron chi connectivity index (χ2n) is 5.92. The molecule has 1 aliphatic rings. The number of halogens is 1. The minimum Gasteiger partial charge on any atom is -0.338 e. The summed E-state index contributed by atoms with van der Waals surface area (Å²) in [5.74, 6) is 0.194. The molecule has 0 bridgehead atoms.